The molecule has 2 aromatic rings. The molecule has 0 aromatic carbocycles. The van der Waals surface area contributed by atoms with Crippen LogP contribution in [0.1, 0.15) is 60.2 Å². The third-order valence-electron chi connectivity index (χ3n) is 5.09. The predicted molar refractivity (Wildman–Crippen MR) is 83.8 cm³/mol. The van der Waals surface area contributed by atoms with Crippen molar-refractivity contribution in [2.24, 2.45) is 5.92 Å². The van der Waals surface area contributed by atoms with Crippen molar-refractivity contribution in [1.82, 2.24) is 19.6 Å². The van der Waals surface area contributed by atoms with Gasteiger partial charge in [0.25, 0.3) is 5.91 Å². The van der Waals surface area contributed by atoms with E-state index in [1.807, 2.05) is 24.2 Å². The van der Waals surface area contributed by atoms with Crippen LogP contribution in [0.4, 0.5) is 0 Å². The van der Waals surface area contributed by atoms with E-state index in [0.717, 1.165) is 43.9 Å². The zero-order valence-corrected chi connectivity index (χ0v) is 13.4. The van der Waals surface area contributed by atoms with Gasteiger partial charge < -0.3 is 14.0 Å². The molecular weight excluding hydrogens is 292 g/mol. The molecule has 4 rings (SSSR count). The summed E-state index contributed by atoms with van der Waals surface area (Å²) in [6, 6.07) is 1.78. The van der Waals surface area contributed by atoms with E-state index in [2.05, 4.69) is 14.7 Å². The molecule has 0 N–H and O–H groups in total. The van der Waals surface area contributed by atoms with Crippen LogP contribution in [-0.4, -0.2) is 32.1 Å². The fraction of sp³-hybridized carbons (Fsp3) is 0.588. The van der Waals surface area contributed by atoms with Crippen molar-refractivity contribution >= 4 is 5.91 Å². The number of nitrogens with zero attached hydrogens (tertiary/aromatic N) is 4. The first-order valence-electron chi connectivity index (χ1n) is 8.49. The number of hydrogen-bond donors (Lipinski definition) is 0. The lowest BCUT2D eigenvalue weighted by Crippen LogP contribution is -2.38. The minimum absolute atomic E-state index is 0.0490. The van der Waals surface area contributed by atoms with E-state index in [9.17, 15) is 4.79 Å². The number of imidazole rings is 1. The number of aryl methyl sites for hydroxylation is 2. The first kappa shape index (κ1) is 14.5. The lowest BCUT2D eigenvalue weighted by atomic mass is 9.95. The van der Waals surface area contributed by atoms with Crippen molar-refractivity contribution in [3.05, 3.63) is 35.7 Å². The number of hydrogen-bond acceptors (Lipinski definition) is 4. The molecule has 1 amide bonds. The number of rotatable bonds is 2. The van der Waals surface area contributed by atoms with Crippen molar-refractivity contribution in [2.75, 3.05) is 6.54 Å². The molecule has 0 radical (unpaired) electrons. The maximum Gasteiger partial charge on any atom is 0.293 e. The third-order valence-corrected chi connectivity index (χ3v) is 5.09. The fourth-order valence-corrected chi connectivity index (χ4v) is 4.04. The lowest BCUT2D eigenvalue weighted by Gasteiger charge is -2.32. The van der Waals surface area contributed by atoms with E-state index in [0.29, 0.717) is 11.7 Å². The second kappa shape index (κ2) is 5.83. The number of amides is 1. The Labute approximate surface area is 135 Å². The maximum absolute atomic E-state index is 13.0. The van der Waals surface area contributed by atoms with Gasteiger partial charge in [-0.05, 0) is 32.1 Å². The van der Waals surface area contributed by atoms with E-state index >= 15 is 0 Å². The van der Waals surface area contributed by atoms with E-state index in [1.165, 1.54) is 12.8 Å². The number of fused-ring (bicyclic) bond motifs is 1. The molecule has 0 saturated heterocycles. The van der Waals surface area contributed by atoms with Crippen molar-refractivity contribution in [1.29, 1.82) is 0 Å². The summed E-state index contributed by atoms with van der Waals surface area (Å²) in [5.74, 6) is 1.80. The van der Waals surface area contributed by atoms with Crippen LogP contribution in [0.25, 0.3) is 0 Å². The monoisotopic (exact) mass is 314 g/mol. The zero-order chi connectivity index (χ0) is 15.8. The van der Waals surface area contributed by atoms with Crippen molar-refractivity contribution in [3.63, 3.8) is 0 Å². The molecule has 1 atom stereocenters. The van der Waals surface area contributed by atoms with Gasteiger partial charge in [0.05, 0.1) is 11.7 Å². The summed E-state index contributed by atoms with van der Waals surface area (Å²) in [6.07, 6.45) is 9.63. The molecule has 6 nitrogen and oxygen atoms in total. The van der Waals surface area contributed by atoms with E-state index < -0.39 is 0 Å². The summed E-state index contributed by atoms with van der Waals surface area (Å²) in [5.41, 5.74) is 0.738. The average molecular weight is 314 g/mol. The van der Waals surface area contributed by atoms with E-state index in [1.54, 1.807) is 6.07 Å². The molecule has 0 bridgehead atoms. The smallest absolute Gasteiger partial charge is 0.293 e. The van der Waals surface area contributed by atoms with Crippen LogP contribution in [0.5, 0.6) is 0 Å². The molecule has 2 aliphatic rings. The third kappa shape index (κ3) is 2.56. The van der Waals surface area contributed by atoms with Crippen molar-refractivity contribution < 1.29 is 9.32 Å². The van der Waals surface area contributed by atoms with Gasteiger partial charge in [0, 0.05) is 31.5 Å². The maximum atomic E-state index is 13.0. The number of carbonyl (C=O) groups is 1. The average Bonchev–Trinajstić information content (AvgIpc) is 3.27. The van der Waals surface area contributed by atoms with Crippen LogP contribution in [0, 0.1) is 12.8 Å². The highest BCUT2D eigenvalue weighted by atomic mass is 16.5. The van der Waals surface area contributed by atoms with Crippen LogP contribution in [0.3, 0.4) is 0 Å². The first-order chi connectivity index (χ1) is 11.2. The molecule has 6 heteroatoms. The predicted octanol–water partition coefficient (Wildman–Crippen LogP) is 2.96. The van der Waals surface area contributed by atoms with Gasteiger partial charge in [-0.1, -0.05) is 18.0 Å². The molecule has 23 heavy (non-hydrogen) atoms. The van der Waals surface area contributed by atoms with Crippen LogP contribution in [0.15, 0.2) is 23.0 Å². The van der Waals surface area contributed by atoms with Gasteiger partial charge in [-0.15, -0.1) is 0 Å². The quantitative estimate of drug-likeness (QED) is 0.855. The Hall–Kier alpha value is -2.11. The Balaban J connectivity index is 1.72. The molecule has 122 valence electrons. The molecule has 1 unspecified atom stereocenters. The summed E-state index contributed by atoms with van der Waals surface area (Å²) in [5, 5.41) is 3.87. The lowest BCUT2D eigenvalue weighted by molar-refractivity contribution is 0.0561. The van der Waals surface area contributed by atoms with Crippen molar-refractivity contribution in [2.45, 2.75) is 51.6 Å². The first-order valence-corrected chi connectivity index (χ1v) is 8.49. The molecule has 1 saturated carbocycles. The largest absolute Gasteiger partial charge is 0.351 e. The Morgan fingerprint density at radius 1 is 1.26 bits per heavy atom. The van der Waals surface area contributed by atoms with E-state index in [4.69, 9.17) is 4.52 Å². The highest BCUT2D eigenvalue weighted by molar-refractivity contribution is 5.91. The normalized spacial score (nSPS) is 22.1. The molecule has 3 heterocycles. The summed E-state index contributed by atoms with van der Waals surface area (Å²) in [6.45, 7) is 3.49. The summed E-state index contributed by atoms with van der Waals surface area (Å²) in [7, 11) is 0. The number of aromatic nitrogens is 3. The molecule has 2 aromatic heterocycles. The van der Waals surface area contributed by atoms with E-state index in [-0.39, 0.29) is 11.9 Å². The topological polar surface area (TPSA) is 64.2 Å². The Morgan fingerprint density at radius 2 is 2.09 bits per heavy atom. The van der Waals surface area contributed by atoms with Gasteiger partial charge in [0.15, 0.2) is 0 Å². The highest BCUT2D eigenvalue weighted by Gasteiger charge is 2.38. The molecule has 0 spiro atoms. The SMILES string of the molecule is Cc1cc(C(=O)N2CCCn3ccnc3C2C2CCCC2)on1. The van der Waals surface area contributed by atoms with Gasteiger partial charge in [-0.3, -0.25) is 4.79 Å². The van der Waals surface area contributed by atoms with Crippen LogP contribution in [0.2, 0.25) is 0 Å². The van der Waals surface area contributed by atoms with Gasteiger partial charge in [0.2, 0.25) is 5.76 Å². The number of carbonyl (C=O) groups excluding carboxylic acids is 1. The molecular formula is C17H22N4O2. The highest BCUT2D eigenvalue weighted by Crippen LogP contribution is 2.40. The Bertz CT molecular complexity index is 699. The molecule has 1 aliphatic carbocycles. The minimum atomic E-state index is -0.0565. The Morgan fingerprint density at radius 3 is 2.83 bits per heavy atom. The van der Waals surface area contributed by atoms with Crippen LogP contribution < -0.4 is 0 Å². The van der Waals surface area contributed by atoms with Gasteiger partial charge in [-0.2, -0.15) is 0 Å². The molecule has 1 aliphatic heterocycles. The van der Waals surface area contributed by atoms with Gasteiger partial charge in [-0.25, -0.2) is 4.98 Å². The summed E-state index contributed by atoms with van der Waals surface area (Å²) in [4.78, 5) is 19.6. The Kier molecular flexibility index (Phi) is 3.67. The molecule has 1 fully saturated rings. The van der Waals surface area contributed by atoms with Gasteiger partial charge >= 0.3 is 0 Å². The fourth-order valence-electron chi connectivity index (χ4n) is 4.04. The van der Waals surface area contributed by atoms with Gasteiger partial charge in [0.1, 0.15) is 5.82 Å². The minimum Gasteiger partial charge on any atom is -0.351 e. The second-order valence-corrected chi connectivity index (χ2v) is 6.65. The van der Waals surface area contributed by atoms with Crippen LogP contribution in [-0.2, 0) is 6.54 Å². The standard InChI is InChI=1S/C17H22N4O2/c1-12-11-14(23-19-12)17(22)21-9-4-8-20-10-7-18-16(20)15(21)13-5-2-3-6-13/h7,10-11,13,15H,2-6,8-9H2,1H3. The zero-order valence-electron chi connectivity index (χ0n) is 13.4. The summed E-state index contributed by atoms with van der Waals surface area (Å²) >= 11 is 0. The van der Waals surface area contributed by atoms with Crippen LogP contribution >= 0.6 is 0 Å². The summed E-state index contributed by atoms with van der Waals surface area (Å²) < 4.78 is 7.44. The van der Waals surface area contributed by atoms with Crippen molar-refractivity contribution in [3.8, 4) is 0 Å². The second-order valence-electron chi connectivity index (χ2n) is 6.65.